The van der Waals surface area contributed by atoms with E-state index in [1.807, 2.05) is 5.29 Å². The molecule has 0 aromatic carbocycles. The van der Waals surface area contributed by atoms with Crippen LogP contribution >= 0.6 is 0 Å². The molecule has 0 saturated heterocycles. The van der Waals surface area contributed by atoms with Gasteiger partial charge in [-0.15, -0.1) is 4.91 Å². The summed E-state index contributed by atoms with van der Waals surface area (Å²) in [6, 6.07) is 0. The van der Waals surface area contributed by atoms with Crippen molar-refractivity contribution in [3.05, 3.63) is 4.91 Å². The van der Waals surface area contributed by atoms with Gasteiger partial charge in [-0.2, -0.15) is 0 Å². The number of nitrogens with zero attached hydrogens (tertiary/aromatic N) is 1. The predicted molar refractivity (Wildman–Crippen MR) is 14.7 cm³/mol. The molecule has 0 atom stereocenters. The number of hydrogen-bond donors (Lipinski definition) is 1. The summed E-state index contributed by atoms with van der Waals surface area (Å²) >= 11 is 0. The summed E-state index contributed by atoms with van der Waals surface area (Å²) in [5.41, 5.74) is 0. The molecule has 0 unspecified atom stereocenters. The van der Waals surface area contributed by atoms with E-state index in [0.29, 0.717) is 0 Å². The van der Waals surface area contributed by atoms with E-state index in [1.54, 1.807) is 0 Å². The van der Waals surface area contributed by atoms with Crippen molar-refractivity contribution < 1.29 is 0 Å². The van der Waals surface area contributed by atoms with Crippen LogP contribution in [0.4, 0.5) is 0 Å². The van der Waals surface area contributed by atoms with Crippen molar-refractivity contribution in [3.63, 3.8) is 0 Å². The second-order valence-electron chi connectivity index (χ2n) is 0.220. The molecule has 20 valence electrons. The third kappa shape index (κ3) is 1.46. The average Bonchev–Trinajstić information content (AvgIpc) is 1.37. The fourth-order valence-electron chi connectivity index (χ4n) is 0. The molecule has 0 aromatic heterocycles. The van der Waals surface area contributed by atoms with Crippen molar-refractivity contribution in [1.82, 2.24) is 5.34 Å². The van der Waals surface area contributed by atoms with Gasteiger partial charge in [0.05, 0.1) is 0 Å². The van der Waals surface area contributed by atoms with E-state index < -0.39 is 0 Å². The minimum atomic E-state index is 1.50. The van der Waals surface area contributed by atoms with Crippen molar-refractivity contribution >= 4 is 7.98 Å². The largest absolute Gasteiger partial charge is 0.331 e. The molecule has 4 heavy (non-hydrogen) atoms. The third-order valence-corrected chi connectivity index (χ3v) is 0.0527. The van der Waals surface area contributed by atoms with Gasteiger partial charge >= 0.3 is 0 Å². The maximum absolute atomic E-state index is 8.69. The van der Waals surface area contributed by atoms with Crippen LogP contribution in [0.5, 0.6) is 0 Å². The van der Waals surface area contributed by atoms with Crippen LogP contribution in [-0.4, -0.2) is 7.98 Å². The van der Waals surface area contributed by atoms with Crippen LogP contribution in [0, 0.1) is 4.91 Å². The van der Waals surface area contributed by atoms with Crippen LogP contribution in [-0.2, 0) is 0 Å². The smallest absolute Gasteiger partial charge is 0.256 e. The highest BCUT2D eigenvalue weighted by molar-refractivity contribution is 6.03. The van der Waals surface area contributed by atoms with E-state index in [1.165, 1.54) is 5.34 Å². The van der Waals surface area contributed by atoms with Gasteiger partial charge in [0.25, 0.3) is 7.98 Å². The van der Waals surface area contributed by atoms with Crippen LogP contribution in [0.15, 0.2) is 5.29 Å². The number of rotatable bonds is 1. The molecule has 0 amide bonds. The van der Waals surface area contributed by atoms with E-state index >= 15 is 0 Å². The Morgan fingerprint density at radius 2 is 2.25 bits per heavy atom. The van der Waals surface area contributed by atoms with E-state index in [-0.39, 0.29) is 0 Å². The SMILES string of the molecule is [B]NN=O. The zero-order valence-electron chi connectivity index (χ0n) is 1.93. The van der Waals surface area contributed by atoms with Crippen LogP contribution in [0.3, 0.4) is 0 Å². The lowest BCUT2D eigenvalue weighted by Crippen LogP contribution is -1.91. The summed E-state index contributed by atoms with van der Waals surface area (Å²) in [7, 11) is 4.30. The molecule has 0 fully saturated rings. The molecule has 0 aromatic rings. The Bertz CT molecular complexity index is 20.0. The van der Waals surface area contributed by atoms with Crippen molar-refractivity contribution in [2.75, 3.05) is 0 Å². The Kier molecular flexibility index (Phi) is 2.14. The van der Waals surface area contributed by atoms with Gasteiger partial charge in [0.2, 0.25) is 0 Å². The fraction of sp³-hybridized carbons (Fsp3) is 0. The highest BCUT2D eigenvalue weighted by Gasteiger charge is 1.44. The summed E-state index contributed by atoms with van der Waals surface area (Å²) < 4.78 is 0. The van der Waals surface area contributed by atoms with Crippen molar-refractivity contribution in [1.29, 1.82) is 0 Å². The molecular weight excluding hydrogens is 54.8 g/mol. The molecule has 3 nitrogen and oxygen atoms in total. The Labute approximate surface area is 24.8 Å². The summed E-state index contributed by atoms with van der Waals surface area (Å²) in [5, 5.41) is 3.51. The number of nitroso groups, excluding NO2 is 1. The topological polar surface area (TPSA) is 41.5 Å². The Balaban J connectivity index is 2.30. The molecule has 4 heteroatoms. The Hall–Kier alpha value is -0.535. The quantitative estimate of drug-likeness (QED) is 0.246. The lowest BCUT2D eigenvalue weighted by molar-refractivity contribution is 1.08. The molecule has 0 bridgehead atoms. The second-order valence-corrected chi connectivity index (χ2v) is 0.220. The van der Waals surface area contributed by atoms with Crippen LogP contribution in [0.1, 0.15) is 0 Å². The summed E-state index contributed by atoms with van der Waals surface area (Å²) in [4.78, 5) is 8.69. The molecule has 0 rings (SSSR count). The molecule has 0 aliphatic rings. The minimum Gasteiger partial charge on any atom is -0.331 e. The monoisotopic (exact) mass is 56.0 g/mol. The van der Waals surface area contributed by atoms with Gasteiger partial charge in [-0.3, -0.25) is 0 Å². The summed E-state index contributed by atoms with van der Waals surface area (Å²) in [6.45, 7) is 0. The van der Waals surface area contributed by atoms with E-state index in [9.17, 15) is 0 Å². The predicted octanol–water partition coefficient (Wildman–Crippen LogP) is -0.659. The lowest BCUT2D eigenvalue weighted by atomic mass is 10.5. The molecule has 0 spiro atoms. The average molecular weight is 55.8 g/mol. The zero-order chi connectivity index (χ0) is 3.41. The maximum atomic E-state index is 8.69. The molecule has 0 aliphatic carbocycles. The third-order valence-electron chi connectivity index (χ3n) is 0.0527. The zero-order valence-corrected chi connectivity index (χ0v) is 1.93. The number of nitrogens with one attached hydrogen (secondary N) is 1. The Morgan fingerprint density at radius 1 is 2.00 bits per heavy atom. The van der Waals surface area contributed by atoms with Crippen molar-refractivity contribution in [2.45, 2.75) is 0 Å². The van der Waals surface area contributed by atoms with E-state index in [0.717, 1.165) is 0 Å². The van der Waals surface area contributed by atoms with Gasteiger partial charge in [-0.05, 0) is 0 Å². The van der Waals surface area contributed by atoms with Crippen LogP contribution in [0.25, 0.3) is 0 Å². The fourth-order valence-corrected chi connectivity index (χ4v) is 0. The number of hydrogen-bond acceptors (Lipinski definition) is 2. The first-order valence-corrected chi connectivity index (χ1v) is 0.695. The van der Waals surface area contributed by atoms with Crippen molar-refractivity contribution in [3.8, 4) is 0 Å². The molecule has 0 saturated carbocycles. The first kappa shape index (κ1) is 3.46. The van der Waals surface area contributed by atoms with Gasteiger partial charge in [-0.1, -0.05) is 0 Å². The van der Waals surface area contributed by atoms with Gasteiger partial charge < -0.3 is 5.34 Å². The maximum Gasteiger partial charge on any atom is 0.256 e. The summed E-state index contributed by atoms with van der Waals surface area (Å²) in [6.07, 6.45) is 0. The minimum absolute atomic E-state index is 1.50. The van der Waals surface area contributed by atoms with Crippen LogP contribution in [0.2, 0.25) is 0 Å². The van der Waals surface area contributed by atoms with Gasteiger partial charge in [-0.25, -0.2) is 0 Å². The Morgan fingerprint density at radius 3 is 2.25 bits per heavy atom. The normalized spacial score (nSPS) is 5.00. The van der Waals surface area contributed by atoms with Crippen molar-refractivity contribution in [2.24, 2.45) is 5.29 Å². The first-order chi connectivity index (χ1) is 1.91. The van der Waals surface area contributed by atoms with Crippen LogP contribution < -0.4 is 5.34 Å². The molecule has 0 aliphatic heterocycles. The lowest BCUT2D eigenvalue weighted by Gasteiger charge is -1.62. The van der Waals surface area contributed by atoms with E-state index in [2.05, 4.69) is 7.98 Å². The summed E-state index contributed by atoms with van der Waals surface area (Å²) in [5.74, 6) is 0. The highest BCUT2D eigenvalue weighted by atomic mass is 16.3. The standard InChI is InChI=1S/BHN2O/c1-2-3-4/h(H,2,4). The van der Waals surface area contributed by atoms with Gasteiger partial charge in [0, 0.05) is 5.29 Å². The van der Waals surface area contributed by atoms with Gasteiger partial charge in [0.1, 0.15) is 0 Å². The first-order valence-electron chi connectivity index (χ1n) is 0.695. The molecular formula is HBN2O. The van der Waals surface area contributed by atoms with Gasteiger partial charge in [0.15, 0.2) is 0 Å². The van der Waals surface area contributed by atoms with E-state index in [4.69, 9.17) is 4.91 Å². The molecule has 2 radical (unpaired) electrons. The molecule has 1 N–H and O–H groups in total. The second kappa shape index (κ2) is 2.46. The molecule has 0 heterocycles. The highest BCUT2D eigenvalue weighted by Crippen LogP contribution is 1.29.